The van der Waals surface area contributed by atoms with Gasteiger partial charge in [0.15, 0.2) is 0 Å². The van der Waals surface area contributed by atoms with Crippen molar-refractivity contribution in [2.45, 2.75) is 52.2 Å². The third kappa shape index (κ3) is 6.42. The van der Waals surface area contributed by atoms with Crippen LogP contribution in [-0.4, -0.2) is 19.2 Å². The summed E-state index contributed by atoms with van der Waals surface area (Å²) in [6.45, 7) is 8.07. The van der Waals surface area contributed by atoms with Gasteiger partial charge in [0.2, 0.25) is 0 Å². The minimum Gasteiger partial charge on any atom is -0.372 e. The number of benzene rings is 1. The maximum absolute atomic E-state index is 6.27. The fourth-order valence-electron chi connectivity index (χ4n) is 1.92. The molecule has 108 valence electrons. The smallest absolute Gasteiger partial charge is 0.0963 e. The van der Waals surface area contributed by atoms with E-state index in [2.05, 4.69) is 32.2 Å². The Morgan fingerprint density at radius 1 is 1.21 bits per heavy atom. The van der Waals surface area contributed by atoms with E-state index in [1.165, 1.54) is 12.8 Å². The van der Waals surface area contributed by atoms with Crippen molar-refractivity contribution in [3.8, 4) is 0 Å². The quantitative estimate of drug-likeness (QED) is 0.670. The van der Waals surface area contributed by atoms with E-state index in [0.717, 1.165) is 30.2 Å². The zero-order valence-electron chi connectivity index (χ0n) is 12.3. The minimum atomic E-state index is 0.0351. The van der Waals surface area contributed by atoms with Crippen molar-refractivity contribution < 1.29 is 4.74 Å². The minimum absolute atomic E-state index is 0.0351. The van der Waals surface area contributed by atoms with Gasteiger partial charge in [-0.05, 0) is 12.5 Å². The first-order chi connectivity index (χ1) is 9.15. The van der Waals surface area contributed by atoms with Crippen molar-refractivity contribution in [2.24, 2.45) is 0 Å². The Labute approximate surface area is 122 Å². The lowest BCUT2D eigenvalue weighted by molar-refractivity contribution is 0.0488. The molecule has 0 aromatic heterocycles. The predicted octanol–water partition coefficient (Wildman–Crippen LogP) is 4.59. The molecule has 0 spiro atoms. The lowest BCUT2D eigenvalue weighted by atomic mass is 10.1. The monoisotopic (exact) mass is 283 g/mol. The molecule has 1 aromatic rings. The van der Waals surface area contributed by atoms with Crippen LogP contribution in [0.1, 0.15) is 51.7 Å². The summed E-state index contributed by atoms with van der Waals surface area (Å²) in [7, 11) is 0. The molecule has 0 aliphatic rings. The van der Waals surface area contributed by atoms with Crippen LogP contribution in [0.4, 0.5) is 0 Å². The van der Waals surface area contributed by atoms with Crippen LogP contribution in [0.15, 0.2) is 24.3 Å². The average Bonchev–Trinajstić information content (AvgIpc) is 2.39. The second-order valence-electron chi connectivity index (χ2n) is 5.15. The summed E-state index contributed by atoms with van der Waals surface area (Å²) in [5.41, 5.74) is 1.08. The molecule has 1 N–H and O–H groups in total. The Bertz CT molecular complexity index is 354. The van der Waals surface area contributed by atoms with Crippen LogP contribution in [0.3, 0.4) is 0 Å². The molecule has 2 nitrogen and oxygen atoms in total. The van der Waals surface area contributed by atoms with Crippen LogP contribution < -0.4 is 5.32 Å². The zero-order valence-corrected chi connectivity index (χ0v) is 13.0. The Hall–Kier alpha value is -0.570. The molecule has 1 aromatic carbocycles. The molecule has 0 saturated carbocycles. The van der Waals surface area contributed by atoms with Crippen LogP contribution in [-0.2, 0) is 4.74 Å². The number of unbranched alkanes of at least 4 members (excludes halogenated alkanes) is 2. The van der Waals surface area contributed by atoms with Gasteiger partial charge < -0.3 is 10.1 Å². The van der Waals surface area contributed by atoms with Gasteiger partial charge in [-0.15, -0.1) is 0 Å². The summed E-state index contributed by atoms with van der Waals surface area (Å²) >= 11 is 6.27. The molecule has 0 heterocycles. The van der Waals surface area contributed by atoms with Crippen LogP contribution in [0.2, 0.25) is 5.02 Å². The van der Waals surface area contributed by atoms with Crippen LogP contribution in [0, 0.1) is 0 Å². The van der Waals surface area contributed by atoms with Gasteiger partial charge in [-0.3, -0.25) is 0 Å². The fourth-order valence-corrected chi connectivity index (χ4v) is 2.17. The SMILES string of the molecule is CCCCCOC(CNC(C)C)c1ccccc1Cl. The van der Waals surface area contributed by atoms with Crippen molar-refractivity contribution in [3.05, 3.63) is 34.9 Å². The molecular weight excluding hydrogens is 258 g/mol. The number of hydrogen-bond acceptors (Lipinski definition) is 2. The Morgan fingerprint density at radius 3 is 2.58 bits per heavy atom. The molecule has 3 heteroatoms. The lowest BCUT2D eigenvalue weighted by Crippen LogP contribution is -2.29. The molecule has 0 amide bonds. The van der Waals surface area contributed by atoms with Gasteiger partial charge in [0.25, 0.3) is 0 Å². The summed E-state index contributed by atoms with van der Waals surface area (Å²) in [6.07, 6.45) is 3.57. The van der Waals surface area contributed by atoms with E-state index in [0.29, 0.717) is 6.04 Å². The second-order valence-corrected chi connectivity index (χ2v) is 5.56. The third-order valence-corrected chi connectivity index (χ3v) is 3.37. The molecule has 1 atom stereocenters. The largest absolute Gasteiger partial charge is 0.372 e. The summed E-state index contributed by atoms with van der Waals surface area (Å²) in [5.74, 6) is 0. The van der Waals surface area contributed by atoms with Gasteiger partial charge in [-0.2, -0.15) is 0 Å². The van der Waals surface area contributed by atoms with Crippen LogP contribution >= 0.6 is 11.6 Å². The van der Waals surface area contributed by atoms with Gasteiger partial charge in [-0.1, -0.05) is 63.4 Å². The maximum Gasteiger partial charge on any atom is 0.0963 e. The number of halogens is 1. The fraction of sp³-hybridized carbons (Fsp3) is 0.625. The highest BCUT2D eigenvalue weighted by molar-refractivity contribution is 6.31. The molecule has 0 aliphatic heterocycles. The van der Waals surface area contributed by atoms with Crippen LogP contribution in [0.5, 0.6) is 0 Å². The highest BCUT2D eigenvalue weighted by Crippen LogP contribution is 2.25. The first-order valence-electron chi connectivity index (χ1n) is 7.24. The second kappa shape index (κ2) is 9.35. The number of ether oxygens (including phenoxy) is 1. The van der Waals surface area contributed by atoms with E-state index < -0.39 is 0 Å². The Morgan fingerprint density at radius 2 is 1.95 bits per heavy atom. The van der Waals surface area contributed by atoms with Crippen molar-refractivity contribution in [2.75, 3.05) is 13.2 Å². The highest BCUT2D eigenvalue weighted by atomic mass is 35.5. The van der Waals surface area contributed by atoms with E-state index >= 15 is 0 Å². The van der Waals surface area contributed by atoms with Crippen molar-refractivity contribution in [1.82, 2.24) is 5.32 Å². The number of rotatable bonds is 9. The maximum atomic E-state index is 6.27. The lowest BCUT2D eigenvalue weighted by Gasteiger charge is -2.21. The van der Waals surface area contributed by atoms with Gasteiger partial charge >= 0.3 is 0 Å². The van der Waals surface area contributed by atoms with Crippen LogP contribution in [0.25, 0.3) is 0 Å². The normalized spacial score (nSPS) is 12.9. The van der Waals surface area contributed by atoms with E-state index in [-0.39, 0.29) is 6.10 Å². The first-order valence-corrected chi connectivity index (χ1v) is 7.62. The van der Waals surface area contributed by atoms with Gasteiger partial charge in [0.1, 0.15) is 0 Å². The summed E-state index contributed by atoms with van der Waals surface area (Å²) in [6, 6.07) is 8.39. The third-order valence-electron chi connectivity index (χ3n) is 3.03. The summed E-state index contributed by atoms with van der Waals surface area (Å²) in [5, 5.41) is 4.21. The average molecular weight is 284 g/mol. The molecule has 0 saturated heterocycles. The summed E-state index contributed by atoms with van der Waals surface area (Å²) < 4.78 is 6.01. The van der Waals surface area contributed by atoms with Gasteiger partial charge in [0, 0.05) is 29.8 Å². The van der Waals surface area contributed by atoms with Gasteiger partial charge in [-0.25, -0.2) is 0 Å². The zero-order chi connectivity index (χ0) is 14.1. The first kappa shape index (κ1) is 16.5. The van der Waals surface area contributed by atoms with Crippen molar-refractivity contribution in [1.29, 1.82) is 0 Å². The Balaban J connectivity index is 2.60. The van der Waals surface area contributed by atoms with Crippen molar-refractivity contribution >= 4 is 11.6 Å². The Kier molecular flexibility index (Phi) is 8.11. The van der Waals surface area contributed by atoms with Crippen molar-refractivity contribution in [3.63, 3.8) is 0 Å². The molecule has 0 aliphatic carbocycles. The molecular formula is C16H26ClNO. The summed E-state index contributed by atoms with van der Waals surface area (Å²) in [4.78, 5) is 0. The number of hydrogen-bond donors (Lipinski definition) is 1. The van der Waals surface area contributed by atoms with Gasteiger partial charge in [0.05, 0.1) is 6.10 Å². The highest BCUT2D eigenvalue weighted by Gasteiger charge is 2.15. The molecule has 0 bridgehead atoms. The molecule has 19 heavy (non-hydrogen) atoms. The molecule has 0 fully saturated rings. The molecule has 0 radical (unpaired) electrons. The standard InChI is InChI=1S/C16H26ClNO/c1-4-5-8-11-19-16(12-18-13(2)3)14-9-6-7-10-15(14)17/h6-7,9-10,13,16,18H,4-5,8,11-12H2,1-3H3. The topological polar surface area (TPSA) is 21.3 Å². The van der Waals surface area contributed by atoms with E-state index in [9.17, 15) is 0 Å². The number of nitrogens with one attached hydrogen (secondary N) is 1. The van der Waals surface area contributed by atoms with E-state index in [1.807, 2.05) is 18.2 Å². The predicted molar refractivity (Wildman–Crippen MR) is 82.8 cm³/mol. The molecule has 1 unspecified atom stereocenters. The molecule has 1 rings (SSSR count). The van der Waals surface area contributed by atoms with E-state index in [1.54, 1.807) is 0 Å². The van der Waals surface area contributed by atoms with E-state index in [4.69, 9.17) is 16.3 Å².